The molecule has 0 saturated carbocycles. The minimum Gasteiger partial charge on any atom is -0.489 e. The molecule has 6 heteroatoms. The lowest BCUT2D eigenvalue weighted by molar-refractivity contribution is 0.0758. The third-order valence-electron chi connectivity index (χ3n) is 5.95. The average molecular weight is 369 g/mol. The van der Waals surface area contributed by atoms with Crippen LogP contribution in [0.25, 0.3) is 0 Å². The molecule has 2 aromatic rings. The average Bonchev–Trinajstić information content (AvgIpc) is 3.20. The van der Waals surface area contributed by atoms with Gasteiger partial charge in [-0.3, -0.25) is 4.79 Å². The van der Waals surface area contributed by atoms with E-state index >= 15 is 0 Å². The fourth-order valence-electron chi connectivity index (χ4n) is 4.19. The van der Waals surface area contributed by atoms with E-state index in [1.165, 1.54) is 0 Å². The van der Waals surface area contributed by atoms with E-state index in [-0.39, 0.29) is 5.91 Å². The molecule has 1 aromatic carbocycles. The van der Waals surface area contributed by atoms with Gasteiger partial charge in [0.25, 0.3) is 5.91 Å². The zero-order valence-electron chi connectivity index (χ0n) is 16.0. The molecule has 2 atom stereocenters. The van der Waals surface area contributed by atoms with Crippen molar-refractivity contribution in [2.75, 3.05) is 26.2 Å². The normalized spacial score (nSPS) is 22.4. The second-order valence-electron chi connectivity index (χ2n) is 7.67. The molecule has 3 heterocycles. The minimum atomic E-state index is 0.103. The molecule has 2 aliphatic rings. The molecule has 0 spiro atoms. The van der Waals surface area contributed by atoms with E-state index in [4.69, 9.17) is 9.26 Å². The topological polar surface area (TPSA) is 67.6 Å². The molecule has 2 saturated heterocycles. The lowest BCUT2D eigenvalue weighted by Crippen LogP contribution is -2.32. The van der Waals surface area contributed by atoms with Gasteiger partial charge in [0.15, 0.2) is 0 Å². The number of fused-ring (bicyclic) bond motifs is 1. The molecule has 144 valence electrons. The molecule has 27 heavy (non-hydrogen) atoms. The smallest absolute Gasteiger partial charge is 0.253 e. The Morgan fingerprint density at radius 3 is 2.67 bits per heavy atom. The number of amides is 1. The third kappa shape index (κ3) is 3.86. The summed E-state index contributed by atoms with van der Waals surface area (Å²) in [5.74, 6) is 2.99. The molecule has 1 amide bonds. The Bertz CT molecular complexity index is 783. The Kier molecular flexibility index (Phi) is 5.16. The van der Waals surface area contributed by atoms with E-state index < -0.39 is 0 Å². The predicted octanol–water partition coefficient (Wildman–Crippen LogP) is 2.94. The highest BCUT2D eigenvalue weighted by Crippen LogP contribution is 2.28. The number of rotatable bonds is 4. The fraction of sp³-hybridized carbons (Fsp3) is 0.524. The van der Waals surface area contributed by atoms with Gasteiger partial charge in [0.05, 0.1) is 11.3 Å². The maximum atomic E-state index is 13.0. The van der Waals surface area contributed by atoms with E-state index in [0.29, 0.717) is 29.8 Å². The molecule has 6 nitrogen and oxygen atoms in total. The number of aryl methyl sites for hydroxylation is 2. The van der Waals surface area contributed by atoms with Gasteiger partial charge in [-0.2, -0.15) is 0 Å². The first kappa shape index (κ1) is 18.0. The summed E-state index contributed by atoms with van der Waals surface area (Å²) >= 11 is 0. The minimum absolute atomic E-state index is 0.103. The van der Waals surface area contributed by atoms with Crippen LogP contribution in [0.3, 0.4) is 0 Å². The lowest BCUT2D eigenvalue weighted by atomic mass is 9.92. The zero-order chi connectivity index (χ0) is 18.8. The Morgan fingerprint density at radius 1 is 1.26 bits per heavy atom. The van der Waals surface area contributed by atoms with Crippen molar-refractivity contribution in [3.05, 3.63) is 46.8 Å². The van der Waals surface area contributed by atoms with Crippen LogP contribution >= 0.6 is 0 Å². The first-order chi connectivity index (χ1) is 13.1. The van der Waals surface area contributed by atoms with Crippen molar-refractivity contribution in [2.45, 2.75) is 33.3 Å². The van der Waals surface area contributed by atoms with Crippen molar-refractivity contribution >= 4 is 5.91 Å². The van der Waals surface area contributed by atoms with Gasteiger partial charge in [-0.1, -0.05) is 11.2 Å². The van der Waals surface area contributed by atoms with Crippen molar-refractivity contribution in [2.24, 2.45) is 11.8 Å². The number of ether oxygens (including phenoxy) is 1. The molecular weight excluding hydrogens is 342 g/mol. The summed E-state index contributed by atoms with van der Waals surface area (Å²) in [6.07, 6.45) is 2.18. The van der Waals surface area contributed by atoms with Gasteiger partial charge in [-0.05, 0) is 69.8 Å². The van der Waals surface area contributed by atoms with Gasteiger partial charge < -0.3 is 19.5 Å². The third-order valence-corrected chi connectivity index (χ3v) is 5.95. The highest BCUT2D eigenvalue weighted by molar-refractivity contribution is 5.94. The summed E-state index contributed by atoms with van der Waals surface area (Å²) < 4.78 is 11.1. The number of benzene rings is 1. The maximum absolute atomic E-state index is 13.0. The quantitative estimate of drug-likeness (QED) is 0.897. The van der Waals surface area contributed by atoms with Crippen molar-refractivity contribution in [1.82, 2.24) is 15.4 Å². The van der Waals surface area contributed by atoms with Crippen LogP contribution in [0.2, 0.25) is 0 Å². The van der Waals surface area contributed by atoms with Crippen molar-refractivity contribution in [3.63, 3.8) is 0 Å². The summed E-state index contributed by atoms with van der Waals surface area (Å²) in [5.41, 5.74) is 2.49. The molecule has 0 bridgehead atoms. The fourth-order valence-corrected chi connectivity index (χ4v) is 4.19. The number of likely N-dealkylation sites (tertiary alicyclic amines) is 1. The number of aromatic nitrogens is 1. The summed E-state index contributed by atoms with van der Waals surface area (Å²) in [6.45, 7) is 8.04. The van der Waals surface area contributed by atoms with E-state index in [0.717, 1.165) is 56.0 Å². The van der Waals surface area contributed by atoms with Crippen LogP contribution < -0.4 is 10.1 Å². The van der Waals surface area contributed by atoms with Crippen molar-refractivity contribution < 1.29 is 14.1 Å². The molecule has 2 aliphatic heterocycles. The number of hydrogen-bond donors (Lipinski definition) is 1. The van der Waals surface area contributed by atoms with Gasteiger partial charge in [0, 0.05) is 18.7 Å². The number of nitrogens with zero attached hydrogens (tertiary/aromatic N) is 2. The lowest BCUT2D eigenvalue weighted by Gasteiger charge is -2.21. The van der Waals surface area contributed by atoms with E-state index in [9.17, 15) is 4.79 Å². The SMILES string of the molecule is Cc1noc(C)c1COc1cccc(C(=O)N2CC[C@@H]3CNC[C@@H]3CC2)c1. The molecule has 0 aliphatic carbocycles. The van der Waals surface area contributed by atoms with Gasteiger partial charge in [-0.15, -0.1) is 0 Å². The standard InChI is InChI=1S/C21H27N3O3/c1-14-20(15(2)27-23-14)13-26-19-5-3-4-16(10-19)21(25)24-8-6-17-11-22-12-18(17)7-9-24/h3-5,10,17-18,22H,6-9,11-13H2,1-2H3/t17-,18+. The number of carbonyl (C=O) groups is 1. The second kappa shape index (κ2) is 7.72. The van der Waals surface area contributed by atoms with Crippen LogP contribution in [0.5, 0.6) is 5.75 Å². The van der Waals surface area contributed by atoms with E-state index in [1.807, 2.05) is 43.0 Å². The Hall–Kier alpha value is -2.34. The summed E-state index contributed by atoms with van der Waals surface area (Å²) in [6, 6.07) is 7.48. The van der Waals surface area contributed by atoms with Gasteiger partial charge >= 0.3 is 0 Å². The van der Waals surface area contributed by atoms with Gasteiger partial charge in [0.1, 0.15) is 18.1 Å². The first-order valence-corrected chi connectivity index (χ1v) is 9.76. The number of carbonyl (C=O) groups excluding carboxylic acids is 1. The van der Waals surface area contributed by atoms with Crippen LogP contribution in [0, 0.1) is 25.7 Å². The van der Waals surface area contributed by atoms with Crippen LogP contribution in [0.1, 0.15) is 40.2 Å². The maximum Gasteiger partial charge on any atom is 0.253 e. The highest BCUT2D eigenvalue weighted by Gasteiger charge is 2.31. The summed E-state index contributed by atoms with van der Waals surface area (Å²) in [4.78, 5) is 15.0. The van der Waals surface area contributed by atoms with Crippen LogP contribution in [-0.2, 0) is 6.61 Å². The highest BCUT2D eigenvalue weighted by atomic mass is 16.5. The van der Waals surface area contributed by atoms with Crippen LogP contribution in [-0.4, -0.2) is 42.1 Å². The van der Waals surface area contributed by atoms with E-state index in [2.05, 4.69) is 10.5 Å². The van der Waals surface area contributed by atoms with E-state index in [1.54, 1.807) is 0 Å². The molecule has 1 N–H and O–H groups in total. The number of hydrogen-bond acceptors (Lipinski definition) is 5. The van der Waals surface area contributed by atoms with Crippen LogP contribution in [0.15, 0.2) is 28.8 Å². The second-order valence-corrected chi connectivity index (χ2v) is 7.67. The first-order valence-electron chi connectivity index (χ1n) is 9.76. The Balaban J connectivity index is 1.41. The predicted molar refractivity (Wildman–Crippen MR) is 102 cm³/mol. The molecule has 0 radical (unpaired) electrons. The zero-order valence-corrected chi connectivity index (χ0v) is 16.0. The summed E-state index contributed by atoms with van der Waals surface area (Å²) in [7, 11) is 0. The molecule has 1 aromatic heterocycles. The van der Waals surface area contributed by atoms with Crippen molar-refractivity contribution in [1.29, 1.82) is 0 Å². The van der Waals surface area contributed by atoms with Crippen molar-refractivity contribution in [3.8, 4) is 5.75 Å². The molecule has 4 rings (SSSR count). The monoisotopic (exact) mass is 369 g/mol. The van der Waals surface area contributed by atoms with Gasteiger partial charge in [-0.25, -0.2) is 0 Å². The molecule has 2 fully saturated rings. The summed E-state index contributed by atoms with van der Waals surface area (Å²) in [5, 5.41) is 7.43. The van der Waals surface area contributed by atoms with Gasteiger partial charge in [0.2, 0.25) is 0 Å². The number of nitrogens with one attached hydrogen (secondary N) is 1. The Labute approximate surface area is 159 Å². The Morgan fingerprint density at radius 2 is 2.00 bits per heavy atom. The molecular formula is C21H27N3O3. The van der Waals surface area contributed by atoms with Crippen LogP contribution in [0.4, 0.5) is 0 Å². The molecule has 0 unspecified atom stereocenters. The largest absolute Gasteiger partial charge is 0.489 e.